The van der Waals surface area contributed by atoms with Gasteiger partial charge in [-0.05, 0) is 32.7 Å². The first-order valence-electron chi connectivity index (χ1n) is 6.15. The SMILES string of the molecule is C[C@@H](C#N)N1CCC[C@H](N2CCCC2=O)C1. The van der Waals surface area contributed by atoms with Crippen molar-refractivity contribution in [3.05, 3.63) is 0 Å². The molecular formula is C12H19N3O. The van der Waals surface area contributed by atoms with Crippen LogP contribution in [0.15, 0.2) is 0 Å². The van der Waals surface area contributed by atoms with Crippen molar-refractivity contribution < 1.29 is 4.79 Å². The van der Waals surface area contributed by atoms with Crippen LogP contribution in [0, 0.1) is 11.3 Å². The third-order valence-electron chi connectivity index (χ3n) is 3.71. The highest BCUT2D eigenvalue weighted by Gasteiger charge is 2.32. The maximum atomic E-state index is 11.7. The fraction of sp³-hybridized carbons (Fsp3) is 0.833. The Hall–Kier alpha value is -1.08. The first-order valence-corrected chi connectivity index (χ1v) is 6.15. The van der Waals surface area contributed by atoms with Gasteiger partial charge in [-0.25, -0.2) is 0 Å². The maximum Gasteiger partial charge on any atom is 0.222 e. The molecule has 0 aliphatic carbocycles. The summed E-state index contributed by atoms with van der Waals surface area (Å²) in [5.74, 6) is 0.302. The summed E-state index contributed by atoms with van der Waals surface area (Å²) in [4.78, 5) is 15.9. The van der Waals surface area contributed by atoms with E-state index < -0.39 is 0 Å². The Morgan fingerprint density at radius 1 is 1.44 bits per heavy atom. The minimum Gasteiger partial charge on any atom is -0.338 e. The summed E-state index contributed by atoms with van der Waals surface area (Å²) in [5.41, 5.74) is 0. The van der Waals surface area contributed by atoms with Gasteiger partial charge in [0.15, 0.2) is 0 Å². The fourth-order valence-corrected chi connectivity index (χ4v) is 2.73. The number of carbonyl (C=O) groups is 1. The number of nitrogens with zero attached hydrogens (tertiary/aromatic N) is 3. The molecule has 2 aliphatic rings. The fourth-order valence-electron chi connectivity index (χ4n) is 2.73. The van der Waals surface area contributed by atoms with Crippen molar-refractivity contribution in [3.63, 3.8) is 0 Å². The topological polar surface area (TPSA) is 47.3 Å². The molecule has 16 heavy (non-hydrogen) atoms. The van der Waals surface area contributed by atoms with E-state index in [-0.39, 0.29) is 6.04 Å². The second-order valence-electron chi connectivity index (χ2n) is 4.79. The van der Waals surface area contributed by atoms with E-state index in [1.54, 1.807) is 0 Å². The van der Waals surface area contributed by atoms with Gasteiger partial charge in [0, 0.05) is 25.6 Å². The molecule has 2 heterocycles. The van der Waals surface area contributed by atoms with Gasteiger partial charge in [0.05, 0.1) is 12.1 Å². The highest BCUT2D eigenvalue weighted by molar-refractivity contribution is 5.78. The second kappa shape index (κ2) is 4.84. The van der Waals surface area contributed by atoms with Gasteiger partial charge in [-0.3, -0.25) is 9.69 Å². The zero-order valence-electron chi connectivity index (χ0n) is 9.85. The predicted molar refractivity (Wildman–Crippen MR) is 60.6 cm³/mol. The van der Waals surface area contributed by atoms with Gasteiger partial charge in [0.1, 0.15) is 0 Å². The third kappa shape index (κ3) is 2.19. The molecule has 2 fully saturated rings. The van der Waals surface area contributed by atoms with Crippen molar-refractivity contribution in [3.8, 4) is 6.07 Å². The van der Waals surface area contributed by atoms with E-state index in [1.165, 1.54) is 0 Å². The number of likely N-dealkylation sites (tertiary alicyclic amines) is 2. The van der Waals surface area contributed by atoms with Gasteiger partial charge in [-0.2, -0.15) is 5.26 Å². The summed E-state index contributed by atoms with van der Waals surface area (Å²) in [7, 11) is 0. The molecule has 0 radical (unpaired) electrons. The molecule has 0 spiro atoms. The van der Waals surface area contributed by atoms with Crippen LogP contribution >= 0.6 is 0 Å². The number of rotatable bonds is 2. The van der Waals surface area contributed by atoms with E-state index in [2.05, 4.69) is 11.0 Å². The lowest BCUT2D eigenvalue weighted by Crippen LogP contribution is -2.50. The van der Waals surface area contributed by atoms with Gasteiger partial charge in [-0.1, -0.05) is 0 Å². The van der Waals surface area contributed by atoms with E-state index in [0.29, 0.717) is 18.4 Å². The Balaban J connectivity index is 1.96. The van der Waals surface area contributed by atoms with Crippen molar-refractivity contribution in [2.45, 2.75) is 44.7 Å². The second-order valence-corrected chi connectivity index (χ2v) is 4.79. The van der Waals surface area contributed by atoms with Crippen LogP contribution in [0.5, 0.6) is 0 Å². The van der Waals surface area contributed by atoms with E-state index in [9.17, 15) is 4.79 Å². The number of hydrogen-bond acceptors (Lipinski definition) is 3. The average molecular weight is 221 g/mol. The van der Waals surface area contributed by atoms with Gasteiger partial charge < -0.3 is 4.90 Å². The van der Waals surface area contributed by atoms with E-state index in [1.807, 2.05) is 11.8 Å². The maximum absolute atomic E-state index is 11.7. The summed E-state index contributed by atoms with van der Waals surface area (Å²) in [6.07, 6.45) is 3.91. The normalized spacial score (nSPS) is 29.1. The van der Waals surface area contributed by atoms with Gasteiger partial charge >= 0.3 is 0 Å². The molecule has 2 saturated heterocycles. The summed E-state index contributed by atoms with van der Waals surface area (Å²) >= 11 is 0. The van der Waals surface area contributed by atoms with E-state index in [0.717, 1.165) is 38.9 Å². The Morgan fingerprint density at radius 2 is 2.25 bits per heavy atom. The van der Waals surface area contributed by atoms with E-state index in [4.69, 9.17) is 5.26 Å². The van der Waals surface area contributed by atoms with Crippen LogP contribution in [0.2, 0.25) is 0 Å². The van der Waals surface area contributed by atoms with Gasteiger partial charge in [0.2, 0.25) is 5.91 Å². The predicted octanol–water partition coefficient (Wildman–Crippen LogP) is 0.985. The molecule has 2 aliphatic heterocycles. The molecule has 2 atom stereocenters. The Kier molecular flexibility index (Phi) is 3.45. The molecule has 88 valence electrons. The molecular weight excluding hydrogens is 202 g/mol. The molecule has 0 aromatic heterocycles. The van der Waals surface area contributed by atoms with Crippen LogP contribution < -0.4 is 0 Å². The third-order valence-corrected chi connectivity index (χ3v) is 3.71. The molecule has 0 bridgehead atoms. The number of hydrogen-bond donors (Lipinski definition) is 0. The molecule has 0 aromatic rings. The van der Waals surface area contributed by atoms with Crippen LogP contribution in [0.1, 0.15) is 32.6 Å². The van der Waals surface area contributed by atoms with Crippen LogP contribution in [-0.4, -0.2) is 47.4 Å². The first kappa shape index (κ1) is 11.4. The van der Waals surface area contributed by atoms with Crippen molar-refractivity contribution in [2.75, 3.05) is 19.6 Å². The lowest BCUT2D eigenvalue weighted by Gasteiger charge is -2.38. The smallest absolute Gasteiger partial charge is 0.222 e. The van der Waals surface area contributed by atoms with Gasteiger partial charge in [0.25, 0.3) is 0 Å². The monoisotopic (exact) mass is 221 g/mol. The highest BCUT2D eigenvalue weighted by atomic mass is 16.2. The molecule has 1 amide bonds. The average Bonchev–Trinajstić information content (AvgIpc) is 2.74. The zero-order chi connectivity index (χ0) is 11.5. The number of carbonyl (C=O) groups excluding carboxylic acids is 1. The van der Waals surface area contributed by atoms with Crippen molar-refractivity contribution in [2.24, 2.45) is 0 Å². The Morgan fingerprint density at radius 3 is 2.88 bits per heavy atom. The van der Waals surface area contributed by atoms with Gasteiger partial charge in [-0.15, -0.1) is 0 Å². The molecule has 0 aromatic carbocycles. The Bertz CT molecular complexity index is 310. The van der Waals surface area contributed by atoms with Crippen LogP contribution in [0.3, 0.4) is 0 Å². The molecule has 4 heteroatoms. The van der Waals surface area contributed by atoms with Crippen LogP contribution in [0.4, 0.5) is 0 Å². The minimum atomic E-state index is -0.0273. The summed E-state index contributed by atoms with van der Waals surface area (Å²) in [6.45, 7) is 4.72. The molecule has 4 nitrogen and oxygen atoms in total. The van der Waals surface area contributed by atoms with Crippen molar-refractivity contribution in [1.29, 1.82) is 5.26 Å². The summed E-state index contributed by atoms with van der Waals surface area (Å²) < 4.78 is 0. The van der Waals surface area contributed by atoms with Crippen molar-refractivity contribution >= 4 is 5.91 Å². The van der Waals surface area contributed by atoms with Crippen LogP contribution in [0.25, 0.3) is 0 Å². The molecule has 0 saturated carbocycles. The number of amides is 1. The largest absolute Gasteiger partial charge is 0.338 e. The quantitative estimate of drug-likeness (QED) is 0.698. The molecule has 2 rings (SSSR count). The number of piperidine rings is 1. The lowest BCUT2D eigenvalue weighted by atomic mass is 10.0. The number of nitriles is 1. The van der Waals surface area contributed by atoms with E-state index >= 15 is 0 Å². The lowest BCUT2D eigenvalue weighted by molar-refractivity contribution is -0.130. The Labute approximate surface area is 96.8 Å². The highest BCUT2D eigenvalue weighted by Crippen LogP contribution is 2.22. The standard InChI is InChI=1S/C12H19N3O/c1-10(8-13)14-6-2-4-11(9-14)15-7-3-5-12(15)16/h10-11H,2-7,9H2,1H3/t10-,11-/m0/s1. The zero-order valence-corrected chi connectivity index (χ0v) is 9.85. The molecule has 0 N–H and O–H groups in total. The summed E-state index contributed by atoms with van der Waals surface area (Å²) in [6, 6.07) is 2.60. The minimum absolute atomic E-state index is 0.0273. The van der Waals surface area contributed by atoms with Crippen molar-refractivity contribution in [1.82, 2.24) is 9.80 Å². The molecule has 0 unspecified atom stereocenters. The van der Waals surface area contributed by atoms with Crippen LogP contribution in [-0.2, 0) is 4.79 Å². The first-order chi connectivity index (χ1) is 7.72. The summed E-state index contributed by atoms with van der Waals surface area (Å²) in [5, 5.41) is 8.92.